The number of nitrogens with one attached hydrogen (secondary N) is 1. The Balaban J connectivity index is 1.99. The highest BCUT2D eigenvalue weighted by Crippen LogP contribution is 2.44. The first-order valence-corrected chi connectivity index (χ1v) is 14.8. The molecule has 10 heteroatoms. The fourth-order valence-electron chi connectivity index (χ4n) is 4.61. The summed E-state index contributed by atoms with van der Waals surface area (Å²) in [6.45, 7) is 10.6. The number of methoxy groups -OCH3 is 1. The molecule has 0 saturated carbocycles. The molecule has 0 radical (unpaired) electrons. The van der Waals surface area contributed by atoms with Gasteiger partial charge in [0.2, 0.25) is 5.90 Å². The molecule has 2 atom stereocenters. The van der Waals surface area contributed by atoms with Crippen molar-refractivity contribution in [2.45, 2.75) is 83.6 Å². The van der Waals surface area contributed by atoms with E-state index in [1.165, 1.54) is 0 Å². The molecule has 0 saturated heterocycles. The SMILES string of the molecule is COc1cccc([C@H]2OC(c3ccc(OCCCO)cc3)=N[C@@]2(CCC(=O)OC(C)(C)C)C(=O)NCCCOC(C)C)c1. The number of ether oxygens (including phenoxy) is 5. The lowest BCUT2D eigenvalue weighted by Gasteiger charge is -2.31. The van der Waals surface area contributed by atoms with Crippen molar-refractivity contribution in [3.8, 4) is 11.5 Å². The second-order valence-corrected chi connectivity index (χ2v) is 11.7. The summed E-state index contributed by atoms with van der Waals surface area (Å²) in [4.78, 5) is 31.9. The van der Waals surface area contributed by atoms with E-state index in [1.807, 2.05) is 38.1 Å². The maximum Gasteiger partial charge on any atom is 0.306 e. The first-order chi connectivity index (χ1) is 20.5. The van der Waals surface area contributed by atoms with Gasteiger partial charge in [0.05, 0.1) is 19.8 Å². The summed E-state index contributed by atoms with van der Waals surface area (Å²) in [6, 6.07) is 14.5. The number of carbonyl (C=O) groups excluding carboxylic acids is 2. The molecule has 1 amide bonds. The zero-order chi connectivity index (χ0) is 31.5. The second-order valence-electron chi connectivity index (χ2n) is 11.7. The van der Waals surface area contributed by atoms with Crippen molar-refractivity contribution in [3.05, 3.63) is 59.7 Å². The molecule has 1 aliphatic heterocycles. The Morgan fingerprint density at radius 3 is 2.47 bits per heavy atom. The van der Waals surface area contributed by atoms with E-state index < -0.39 is 23.2 Å². The van der Waals surface area contributed by atoms with Crippen LogP contribution in [0.2, 0.25) is 0 Å². The number of hydrogen-bond acceptors (Lipinski definition) is 9. The van der Waals surface area contributed by atoms with Gasteiger partial charge in [-0.05, 0) is 89.4 Å². The Kier molecular flexibility index (Phi) is 12.4. The highest BCUT2D eigenvalue weighted by molar-refractivity contribution is 6.01. The smallest absolute Gasteiger partial charge is 0.306 e. The van der Waals surface area contributed by atoms with E-state index in [9.17, 15) is 9.59 Å². The van der Waals surface area contributed by atoms with Crippen LogP contribution in [-0.4, -0.2) is 73.6 Å². The van der Waals surface area contributed by atoms with Crippen LogP contribution in [0.25, 0.3) is 0 Å². The van der Waals surface area contributed by atoms with Crippen LogP contribution < -0.4 is 14.8 Å². The summed E-state index contributed by atoms with van der Waals surface area (Å²) in [5, 5.41) is 12.0. The minimum absolute atomic E-state index is 0.0423. The standard InChI is InChI=1S/C33H46N2O8/c1-23(2)40-20-8-18-34-31(38)33(17-16-28(37)43-32(3,4)5)29(25-10-7-11-27(22-25)39-6)42-30(35-33)24-12-14-26(15-13-24)41-21-9-19-36/h7,10-15,22-23,29,36H,8-9,16-21H2,1-6H3,(H,34,38)/t29-,33-/m1/s1. The summed E-state index contributed by atoms with van der Waals surface area (Å²) in [5.41, 5.74) is -0.797. The number of benzene rings is 2. The Bertz CT molecular complexity index is 1220. The van der Waals surface area contributed by atoms with Gasteiger partial charge in [0.25, 0.3) is 5.91 Å². The van der Waals surface area contributed by atoms with Gasteiger partial charge in [0.1, 0.15) is 17.1 Å². The minimum atomic E-state index is -1.46. The molecule has 0 bridgehead atoms. The number of nitrogens with zero attached hydrogens (tertiary/aromatic N) is 1. The summed E-state index contributed by atoms with van der Waals surface area (Å²) >= 11 is 0. The molecule has 0 unspecified atom stereocenters. The highest BCUT2D eigenvalue weighted by Gasteiger charge is 2.53. The fraction of sp³-hybridized carbons (Fsp3) is 0.545. The third-order valence-corrected chi connectivity index (χ3v) is 6.61. The van der Waals surface area contributed by atoms with Gasteiger partial charge < -0.3 is 34.1 Å². The van der Waals surface area contributed by atoms with Gasteiger partial charge >= 0.3 is 5.97 Å². The van der Waals surface area contributed by atoms with Crippen LogP contribution in [0.15, 0.2) is 53.5 Å². The average Bonchev–Trinajstić information content (AvgIpc) is 3.36. The van der Waals surface area contributed by atoms with Crippen molar-refractivity contribution < 1.29 is 38.4 Å². The number of aliphatic hydroxyl groups excluding tert-OH is 1. The first kappa shape index (κ1) is 33.9. The lowest BCUT2D eigenvalue weighted by Crippen LogP contribution is -2.49. The summed E-state index contributed by atoms with van der Waals surface area (Å²) < 4.78 is 28.8. The predicted molar refractivity (Wildman–Crippen MR) is 164 cm³/mol. The monoisotopic (exact) mass is 598 g/mol. The molecule has 43 heavy (non-hydrogen) atoms. The summed E-state index contributed by atoms with van der Waals surface area (Å²) in [7, 11) is 1.57. The normalized spacial score (nSPS) is 18.1. The van der Waals surface area contributed by atoms with Crippen LogP contribution in [0.3, 0.4) is 0 Å². The van der Waals surface area contributed by atoms with Crippen LogP contribution in [0, 0.1) is 0 Å². The van der Waals surface area contributed by atoms with Gasteiger partial charge in [-0.1, -0.05) is 12.1 Å². The maximum atomic E-state index is 14.1. The van der Waals surface area contributed by atoms with Gasteiger partial charge in [-0.3, -0.25) is 9.59 Å². The van der Waals surface area contributed by atoms with E-state index in [2.05, 4.69) is 5.32 Å². The van der Waals surface area contributed by atoms with Crippen molar-refractivity contribution in [1.82, 2.24) is 5.32 Å². The molecule has 2 aromatic carbocycles. The maximum absolute atomic E-state index is 14.1. The van der Waals surface area contributed by atoms with E-state index in [0.717, 1.165) is 0 Å². The number of hydrogen-bond donors (Lipinski definition) is 2. The molecule has 0 spiro atoms. The van der Waals surface area contributed by atoms with Crippen LogP contribution in [-0.2, 0) is 23.8 Å². The van der Waals surface area contributed by atoms with E-state index in [1.54, 1.807) is 52.1 Å². The predicted octanol–water partition coefficient (Wildman–Crippen LogP) is 4.77. The molecule has 10 nitrogen and oxygen atoms in total. The van der Waals surface area contributed by atoms with Crippen molar-refractivity contribution in [2.75, 3.05) is 33.5 Å². The largest absolute Gasteiger partial charge is 0.497 e. The van der Waals surface area contributed by atoms with E-state index in [-0.39, 0.29) is 37.4 Å². The van der Waals surface area contributed by atoms with Gasteiger partial charge in [0, 0.05) is 38.2 Å². The molecule has 0 aliphatic carbocycles. The van der Waals surface area contributed by atoms with E-state index >= 15 is 0 Å². The number of carbonyl (C=O) groups is 2. The molecular formula is C33H46N2O8. The molecular weight excluding hydrogens is 552 g/mol. The van der Waals surface area contributed by atoms with Gasteiger partial charge in [-0.25, -0.2) is 4.99 Å². The lowest BCUT2D eigenvalue weighted by atomic mass is 9.83. The lowest BCUT2D eigenvalue weighted by molar-refractivity contribution is -0.155. The van der Waals surface area contributed by atoms with Crippen LogP contribution in [0.5, 0.6) is 11.5 Å². The van der Waals surface area contributed by atoms with Crippen LogP contribution >= 0.6 is 0 Å². The van der Waals surface area contributed by atoms with Crippen LogP contribution in [0.4, 0.5) is 0 Å². The van der Waals surface area contributed by atoms with Gasteiger partial charge in [-0.2, -0.15) is 0 Å². The van der Waals surface area contributed by atoms with Gasteiger partial charge in [0.15, 0.2) is 11.6 Å². The van der Waals surface area contributed by atoms with Crippen molar-refractivity contribution >= 4 is 17.8 Å². The zero-order valence-electron chi connectivity index (χ0n) is 26.2. The molecule has 0 fully saturated rings. The van der Waals surface area contributed by atoms with Crippen molar-refractivity contribution in [3.63, 3.8) is 0 Å². The number of esters is 1. The summed E-state index contributed by atoms with van der Waals surface area (Å²) in [6.07, 6.45) is 0.412. The highest BCUT2D eigenvalue weighted by atomic mass is 16.6. The summed E-state index contributed by atoms with van der Waals surface area (Å²) in [5.74, 6) is 0.732. The third kappa shape index (κ3) is 9.96. The topological polar surface area (TPSA) is 125 Å². The molecule has 1 aliphatic rings. The zero-order valence-corrected chi connectivity index (χ0v) is 26.2. The molecule has 0 aromatic heterocycles. The van der Waals surface area contributed by atoms with Crippen molar-refractivity contribution in [2.24, 2.45) is 4.99 Å². The van der Waals surface area contributed by atoms with E-state index in [4.69, 9.17) is 33.8 Å². The van der Waals surface area contributed by atoms with Crippen molar-refractivity contribution in [1.29, 1.82) is 0 Å². The Morgan fingerprint density at radius 1 is 1.07 bits per heavy atom. The third-order valence-electron chi connectivity index (χ3n) is 6.61. The molecule has 3 rings (SSSR count). The Morgan fingerprint density at radius 2 is 1.81 bits per heavy atom. The van der Waals surface area contributed by atoms with Gasteiger partial charge in [-0.15, -0.1) is 0 Å². The number of aliphatic imine (C=N–C) groups is 1. The Hall–Kier alpha value is -3.63. The number of rotatable bonds is 16. The van der Waals surface area contributed by atoms with E-state index in [0.29, 0.717) is 55.2 Å². The average molecular weight is 599 g/mol. The second kappa shape index (κ2) is 15.7. The van der Waals surface area contributed by atoms with Crippen LogP contribution in [0.1, 0.15) is 77.5 Å². The number of aliphatic hydroxyl groups is 1. The molecule has 1 heterocycles. The number of amides is 1. The molecule has 236 valence electrons. The fourth-order valence-corrected chi connectivity index (χ4v) is 4.61. The Labute approximate surface area is 254 Å². The minimum Gasteiger partial charge on any atom is -0.497 e. The molecule has 2 N–H and O–H groups in total. The first-order valence-electron chi connectivity index (χ1n) is 14.8. The quantitative estimate of drug-likeness (QED) is 0.209. The molecule has 2 aromatic rings.